The molecule has 3 nitrogen and oxygen atoms in total. The molecule has 0 saturated heterocycles. The van der Waals surface area contributed by atoms with Crippen molar-refractivity contribution in [3.8, 4) is 0 Å². The Labute approximate surface area is 106 Å². The van der Waals surface area contributed by atoms with Crippen molar-refractivity contribution in [3.05, 3.63) is 34.3 Å². The molecule has 4 heteroatoms. The van der Waals surface area contributed by atoms with Crippen molar-refractivity contribution in [2.24, 2.45) is 4.99 Å². The number of nitrogens with zero attached hydrogens (tertiary/aromatic N) is 1. The normalized spacial score (nSPS) is 27.3. The molecule has 0 aliphatic carbocycles. The Morgan fingerprint density at radius 3 is 3.12 bits per heavy atom. The first-order valence-electron chi connectivity index (χ1n) is 5.96. The zero-order valence-corrected chi connectivity index (χ0v) is 10.5. The van der Waals surface area contributed by atoms with Crippen LogP contribution in [-0.4, -0.2) is 25.0 Å². The van der Waals surface area contributed by atoms with Gasteiger partial charge in [-0.25, -0.2) is 0 Å². The second kappa shape index (κ2) is 4.31. The molecule has 2 heterocycles. The summed E-state index contributed by atoms with van der Waals surface area (Å²) >= 11 is 6.26. The molecule has 0 bridgehead atoms. The van der Waals surface area contributed by atoms with Crippen LogP contribution in [0, 0.1) is 0 Å². The molecule has 2 aliphatic heterocycles. The van der Waals surface area contributed by atoms with E-state index in [2.05, 4.69) is 23.3 Å². The fourth-order valence-corrected chi connectivity index (χ4v) is 2.74. The number of hydrogen-bond acceptors (Lipinski definition) is 3. The van der Waals surface area contributed by atoms with E-state index in [0.29, 0.717) is 0 Å². The second-order valence-electron chi connectivity index (χ2n) is 4.53. The van der Waals surface area contributed by atoms with Gasteiger partial charge in [0.2, 0.25) is 0 Å². The van der Waals surface area contributed by atoms with Gasteiger partial charge in [-0.2, -0.15) is 0 Å². The van der Waals surface area contributed by atoms with Crippen LogP contribution in [-0.2, 0) is 11.2 Å². The van der Waals surface area contributed by atoms with Crippen molar-refractivity contribution < 1.29 is 4.74 Å². The SMILES string of the molecule is CC1Cc2c(Cl)cccc2C(C2=NCCN2)O1. The van der Waals surface area contributed by atoms with Gasteiger partial charge < -0.3 is 10.1 Å². The van der Waals surface area contributed by atoms with E-state index in [1.165, 1.54) is 5.56 Å². The van der Waals surface area contributed by atoms with Gasteiger partial charge in [-0.1, -0.05) is 23.7 Å². The molecule has 1 aromatic rings. The van der Waals surface area contributed by atoms with Gasteiger partial charge in [0.15, 0.2) is 0 Å². The minimum atomic E-state index is -0.0741. The van der Waals surface area contributed by atoms with E-state index in [0.717, 1.165) is 35.9 Å². The quantitative estimate of drug-likeness (QED) is 0.830. The molecule has 2 atom stereocenters. The average molecular weight is 251 g/mol. The number of ether oxygens (including phenoxy) is 1. The van der Waals surface area contributed by atoms with Crippen LogP contribution < -0.4 is 5.32 Å². The van der Waals surface area contributed by atoms with Crippen molar-refractivity contribution >= 4 is 17.4 Å². The van der Waals surface area contributed by atoms with E-state index in [-0.39, 0.29) is 12.2 Å². The lowest BCUT2D eigenvalue weighted by molar-refractivity contribution is 0.0209. The van der Waals surface area contributed by atoms with Gasteiger partial charge in [-0.15, -0.1) is 0 Å². The van der Waals surface area contributed by atoms with Crippen molar-refractivity contribution in [1.29, 1.82) is 0 Å². The molecule has 3 rings (SSSR count). The zero-order chi connectivity index (χ0) is 11.8. The average Bonchev–Trinajstić information content (AvgIpc) is 2.83. The van der Waals surface area contributed by atoms with Crippen molar-refractivity contribution in [2.45, 2.75) is 25.6 Å². The number of rotatable bonds is 1. The van der Waals surface area contributed by atoms with E-state index < -0.39 is 0 Å². The van der Waals surface area contributed by atoms with E-state index in [1.807, 2.05) is 12.1 Å². The smallest absolute Gasteiger partial charge is 0.140 e. The molecule has 2 unspecified atom stereocenters. The Bertz CT molecular complexity index is 472. The minimum absolute atomic E-state index is 0.0741. The summed E-state index contributed by atoms with van der Waals surface area (Å²) in [5, 5.41) is 4.12. The van der Waals surface area contributed by atoms with Gasteiger partial charge in [0, 0.05) is 18.0 Å². The third-order valence-corrected chi connectivity index (χ3v) is 3.60. The maximum absolute atomic E-state index is 6.26. The third kappa shape index (κ3) is 1.94. The molecular formula is C13H15ClN2O. The largest absolute Gasteiger partial charge is 0.369 e. The van der Waals surface area contributed by atoms with Crippen LogP contribution >= 0.6 is 11.6 Å². The van der Waals surface area contributed by atoms with E-state index in [9.17, 15) is 0 Å². The lowest BCUT2D eigenvalue weighted by Gasteiger charge is -2.31. The molecule has 0 aromatic heterocycles. The predicted octanol–water partition coefficient (Wildman–Crippen LogP) is 2.34. The van der Waals surface area contributed by atoms with Gasteiger partial charge in [-0.05, 0) is 24.1 Å². The van der Waals surface area contributed by atoms with Crippen LogP contribution in [0.3, 0.4) is 0 Å². The van der Waals surface area contributed by atoms with Crippen LogP contribution in [0.5, 0.6) is 0 Å². The minimum Gasteiger partial charge on any atom is -0.369 e. The molecule has 0 amide bonds. The number of nitrogens with one attached hydrogen (secondary N) is 1. The Morgan fingerprint density at radius 2 is 2.35 bits per heavy atom. The fraction of sp³-hybridized carbons (Fsp3) is 0.462. The van der Waals surface area contributed by atoms with Gasteiger partial charge in [0.25, 0.3) is 0 Å². The maximum Gasteiger partial charge on any atom is 0.140 e. The van der Waals surface area contributed by atoms with E-state index in [4.69, 9.17) is 16.3 Å². The highest BCUT2D eigenvalue weighted by Gasteiger charge is 2.31. The van der Waals surface area contributed by atoms with E-state index in [1.54, 1.807) is 0 Å². The Morgan fingerprint density at radius 1 is 1.47 bits per heavy atom. The first kappa shape index (κ1) is 11.1. The lowest BCUT2D eigenvalue weighted by atomic mass is 9.94. The Balaban J connectivity index is 2.04. The number of hydrogen-bond donors (Lipinski definition) is 1. The summed E-state index contributed by atoms with van der Waals surface area (Å²) in [5.74, 6) is 0.945. The monoisotopic (exact) mass is 250 g/mol. The highest BCUT2D eigenvalue weighted by atomic mass is 35.5. The van der Waals surface area contributed by atoms with Crippen LogP contribution in [0.25, 0.3) is 0 Å². The first-order chi connectivity index (χ1) is 8.25. The summed E-state index contributed by atoms with van der Waals surface area (Å²) < 4.78 is 6.00. The molecule has 17 heavy (non-hydrogen) atoms. The number of benzene rings is 1. The fourth-order valence-electron chi connectivity index (χ4n) is 2.48. The topological polar surface area (TPSA) is 33.6 Å². The molecule has 1 aromatic carbocycles. The Hall–Kier alpha value is -1.06. The van der Waals surface area contributed by atoms with Crippen LogP contribution in [0.2, 0.25) is 5.02 Å². The number of fused-ring (bicyclic) bond motifs is 1. The number of halogens is 1. The second-order valence-corrected chi connectivity index (χ2v) is 4.94. The molecule has 1 N–H and O–H groups in total. The summed E-state index contributed by atoms with van der Waals surface area (Å²) in [6.45, 7) is 3.81. The molecule has 0 fully saturated rings. The molecule has 0 radical (unpaired) electrons. The van der Waals surface area contributed by atoms with Crippen molar-refractivity contribution in [3.63, 3.8) is 0 Å². The Kier molecular flexibility index (Phi) is 2.81. The molecular weight excluding hydrogens is 236 g/mol. The van der Waals surface area contributed by atoms with Crippen molar-refractivity contribution in [1.82, 2.24) is 5.32 Å². The zero-order valence-electron chi connectivity index (χ0n) is 9.74. The summed E-state index contributed by atoms with van der Waals surface area (Å²) in [4.78, 5) is 4.46. The summed E-state index contributed by atoms with van der Waals surface area (Å²) in [5.41, 5.74) is 2.36. The predicted molar refractivity (Wildman–Crippen MR) is 68.7 cm³/mol. The van der Waals surface area contributed by atoms with Crippen LogP contribution in [0.4, 0.5) is 0 Å². The maximum atomic E-state index is 6.26. The lowest BCUT2D eigenvalue weighted by Crippen LogP contribution is -2.34. The van der Waals surface area contributed by atoms with E-state index >= 15 is 0 Å². The van der Waals surface area contributed by atoms with Gasteiger partial charge in [0.05, 0.1) is 12.6 Å². The summed E-state index contributed by atoms with van der Waals surface area (Å²) in [7, 11) is 0. The summed E-state index contributed by atoms with van der Waals surface area (Å²) in [6.07, 6.45) is 0.978. The standard InChI is InChI=1S/C13H15ClN2O/c1-8-7-10-9(3-2-4-11(10)14)12(17-8)13-15-5-6-16-13/h2-4,8,12H,5-7H2,1H3,(H,15,16). The van der Waals surface area contributed by atoms with Crippen LogP contribution in [0.15, 0.2) is 23.2 Å². The molecule has 0 spiro atoms. The molecule has 90 valence electrons. The molecule has 2 aliphatic rings. The summed E-state index contributed by atoms with van der Waals surface area (Å²) in [6, 6.07) is 6.00. The highest BCUT2D eigenvalue weighted by molar-refractivity contribution is 6.31. The number of aliphatic imine (C=N–C) groups is 1. The van der Waals surface area contributed by atoms with Gasteiger partial charge in [-0.3, -0.25) is 4.99 Å². The van der Waals surface area contributed by atoms with Crippen LogP contribution in [0.1, 0.15) is 24.2 Å². The number of amidine groups is 1. The van der Waals surface area contributed by atoms with Gasteiger partial charge in [0.1, 0.15) is 11.9 Å². The molecule has 0 saturated carbocycles. The third-order valence-electron chi connectivity index (χ3n) is 3.25. The van der Waals surface area contributed by atoms with Gasteiger partial charge >= 0.3 is 0 Å². The first-order valence-corrected chi connectivity index (χ1v) is 6.34. The van der Waals surface area contributed by atoms with Crippen molar-refractivity contribution in [2.75, 3.05) is 13.1 Å². The highest BCUT2D eigenvalue weighted by Crippen LogP contribution is 2.35.